The molecule has 2 atom stereocenters. The number of benzene rings is 2. The molecule has 0 spiro atoms. The molecular weight excluding hydrogens is 541 g/mol. The van der Waals surface area contributed by atoms with Gasteiger partial charge >= 0.3 is 0 Å². The minimum Gasteiger partial charge on any atom is -0.330 e. The van der Waals surface area contributed by atoms with Gasteiger partial charge in [-0.3, -0.25) is 19.7 Å². The van der Waals surface area contributed by atoms with E-state index in [1.807, 2.05) is 48.2 Å². The summed E-state index contributed by atoms with van der Waals surface area (Å²) in [6, 6.07) is 14.6. The SMILES string of the molecule is C[C@@H]1CCC[C@H](N2CCC(c3c(-c4cn[nH]c4)ccc(Cl)c3F)=CC2=O)c2cc(ccn2)-c2ccccc2NC1=O. The maximum absolute atomic E-state index is 15.4. The highest BCUT2D eigenvalue weighted by Crippen LogP contribution is 2.39. The number of hydrogen-bond donors (Lipinski definition) is 2. The van der Waals surface area contributed by atoms with Crippen LogP contribution in [-0.4, -0.2) is 38.4 Å². The maximum atomic E-state index is 15.4. The smallest absolute Gasteiger partial charge is 0.247 e. The summed E-state index contributed by atoms with van der Waals surface area (Å²) in [6.45, 7) is 2.32. The van der Waals surface area contributed by atoms with E-state index in [2.05, 4.69) is 15.5 Å². The first-order valence-corrected chi connectivity index (χ1v) is 14.1. The number of nitrogens with one attached hydrogen (secondary N) is 2. The normalized spacial score (nSPS) is 19.5. The predicted molar refractivity (Wildman–Crippen MR) is 157 cm³/mol. The molecule has 4 aromatic rings. The molecule has 0 aliphatic carbocycles. The second kappa shape index (κ2) is 11.3. The van der Waals surface area contributed by atoms with Crippen molar-refractivity contribution in [3.8, 4) is 22.3 Å². The molecule has 0 unspecified atom stereocenters. The van der Waals surface area contributed by atoms with Gasteiger partial charge in [-0.1, -0.05) is 49.2 Å². The zero-order chi connectivity index (χ0) is 28.5. The van der Waals surface area contributed by atoms with Crippen molar-refractivity contribution in [2.24, 2.45) is 5.92 Å². The molecule has 7 nitrogen and oxygen atoms in total. The van der Waals surface area contributed by atoms with E-state index >= 15 is 4.39 Å². The number of pyridine rings is 1. The van der Waals surface area contributed by atoms with Gasteiger partial charge in [0.15, 0.2) is 0 Å². The van der Waals surface area contributed by atoms with E-state index in [0.717, 1.165) is 28.9 Å². The highest BCUT2D eigenvalue weighted by Gasteiger charge is 2.31. The van der Waals surface area contributed by atoms with Gasteiger partial charge in [0.1, 0.15) is 5.82 Å². The van der Waals surface area contributed by atoms with Crippen LogP contribution in [0.4, 0.5) is 10.1 Å². The highest BCUT2D eigenvalue weighted by molar-refractivity contribution is 6.31. The Labute approximate surface area is 242 Å². The number of H-pyrrole nitrogens is 1. The Bertz CT molecular complexity index is 1650. The Kier molecular flexibility index (Phi) is 7.41. The molecule has 41 heavy (non-hydrogen) atoms. The standard InChI is InChI=1S/C32H29ClFN5O2/c1-19-5-4-8-28(27-15-20(11-13-35-27)23-6-2-3-7-26(23)38-32(19)41)39-14-12-21(16-29(39)40)30-24(22-17-36-37-18-22)9-10-25(33)31(30)34/h2-3,6-7,9-11,13,15-19,28H,4-5,8,12,14H2,1H3,(H,36,37)(H,38,41)/t19-,28+/m1/s1. The Hall–Kier alpha value is -4.30. The molecule has 2 N–H and O–H groups in total. The van der Waals surface area contributed by atoms with Crippen LogP contribution in [0, 0.1) is 11.7 Å². The second-order valence-corrected chi connectivity index (χ2v) is 11.0. The molecule has 2 aliphatic heterocycles. The van der Waals surface area contributed by atoms with Crippen molar-refractivity contribution in [1.29, 1.82) is 0 Å². The predicted octanol–water partition coefficient (Wildman–Crippen LogP) is 7.05. The minimum absolute atomic E-state index is 0.00166. The van der Waals surface area contributed by atoms with Gasteiger partial charge in [-0.05, 0) is 60.2 Å². The lowest BCUT2D eigenvalue weighted by Crippen LogP contribution is -2.38. The second-order valence-electron chi connectivity index (χ2n) is 10.6. The summed E-state index contributed by atoms with van der Waals surface area (Å²) in [5.41, 5.74) is 5.59. The Morgan fingerprint density at radius 1 is 1.05 bits per heavy atom. The topological polar surface area (TPSA) is 91.0 Å². The number of halogens is 2. The van der Waals surface area contributed by atoms with Crippen molar-refractivity contribution in [2.45, 2.75) is 38.6 Å². The number of hydrogen-bond acceptors (Lipinski definition) is 4. The molecule has 6 rings (SSSR count). The summed E-state index contributed by atoms with van der Waals surface area (Å²) >= 11 is 6.18. The number of carbonyl (C=O) groups excluding carboxylic acids is 2. The van der Waals surface area contributed by atoms with Crippen molar-refractivity contribution >= 4 is 34.7 Å². The molecule has 2 aromatic carbocycles. The molecule has 0 saturated heterocycles. The zero-order valence-electron chi connectivity index (χ0n) is 22.5. The van der Waals surface area contributed by atoms with Crippen molar-refractivity contribution in [2.75, 3.05) is 11.9 Å². The van der Waals surface area contributed by atoms with Gasteiger partial charge in [-0.15, -0.1) is 0 Å². The van der Waals surface area contributed by atoms with E-state index in [9.17, 15) is 9.59 Å². The van der Waals surface area contributed by atoms with Crippen molar-refractivity contribution in [3.05, 3.63) is 95.3 Å². The Morgan fingerprint density at radius 3 is 2.71 bits per heavy atom. The van der Waals surface area contributed by atoms with E-state index in [4.69, 9.17) is 16.6 Å². The molecule has 2 amide bonds. The number of rotatable bonds is 3. The minimum atomic E-state index is -0.552. The first-order valence-electron chi connectivity index (χ1n) is 13.8. The lowest BCUT2D eigenvalue weighted by Gasteiger charge is -2.35. The first kappa shape index (κ1) is 26.9. The van der Waals surface area contributed by atoms with Crippen LogP contribution in [0.2, 0.25) is 5.02 Å². The number of para-hydroxylation sites is 1. The van der Waals surface area contributed by atoms with Crippen LogP contribution in [0.1, 0.15) is 49.9 Å². The molecule has 2 bridgehead atoms. The van der Waals surface area contributed by atoms with Crippen molar-refractivity contribution < 1.29 is 14.0 Å². The molecule has 0 saturated carbocycles. The number of nitrogens with zero attached hydrogens (tertiary/aromatic N) is 3. The van der Waals surface area contributed by atoms with Crippen LogP contribution in [0.3, 0.4) is 0 Å². The third-order valence-electron chi connectivity index (χ3n) is 7.98. The lowest BCUT2D eigenvalue weighted by molar-refractivity contribution is -0.129. The molecule has 9 heteroatoms. The van der Waals surface area contributed by atoms with Gasteiger partial charge in [-0.2, -0.15) is 5.10 Å². The third-order valence-corrected chi connectivity index (χ3v) is 8.28. The number of fused-ring (bicyclic) bond motifs is 4. The van der Waals surface area contributed by atoms with E-state index in [-0.39, 0.29) is 28.8 Å². The molecule has 0 fully saturated rings. The molecule has 0 radical (unpaired) electrons. The van der Waals surface area contributed by atoms with Crippen LogP contribution in [0.15, 0.2) is 73.2 Å². The quantitative estimate of drug-likeness (QED) is 0.277. The monoisotopic (exact) mass is 569 g/mol. The van der Waals surface area contributed by atoms with Crippen molar-refractivity contribution in [3.63, 3.8) is 0 Å². The number of aromatic nitrogens is 3. The summed E-state index contributed by atoms with van der Waals surface area (Å²) in [5.74, 6) is -0.976. The van der Waals surface area contributed by atoms with Crippen molar-refractivity contribution in [1.82, 2.24) is 20.1 Å². The van der Waals surface area contributed by atoms with Gasteiger partial charge in [-0.25, -0.2) is 4.39 Å². The van der Waals surface area contributed by atoms with Crippen LogP contribution in [0.25, 0.3) is 27.8 Å². The number of aromatic amines is 1. The summed E-state index contributed by atoms with van der Waals surface area (Å²) < 4.78 is 15.4. The molecular formula is C32H29ClFN5O2. The fourth-order valence-electron chi connectivity index (χ4n) is 5.77. The van der Waals surface area contributed by atoms with Gasteiger partial charge in [0, 0.05) is 53.3 Å². The lowest BCUT2D eigenvalue weighted by atomic mass is 9.90. The van der Waals surface area contributed by atoms with Gasteiger partial charge in [0.2, 0.25) is 11.8 Å². The average Bonchev–Trinajstić information content (AvgIpc) is 3.52. The van der Waals surface area contributed by atoms with Gasteiger partial charge in [0.05, 0.1) is 23.0 Å². The van der Waals surface area contributed by atoms with E-state index in [0.29, 0.717) is 48.1 Å². The molecule has 2 aliphatic rings. The fraction of sp³-hybridized carbons (Fsp3) is 0.250. The fourth-order valence-corrected chi connectivity index (χ4v) is 5.93. The van der Waals surface area contributed by atoms with E-state index in [1.54, 1.807) is 24.7 Å². The number of amides is 2. The average molecular weight is 570 g/mol. The Morgan fingerprint density at radius 2 is 1.90 bits per heavy atom. The van der Waals surface area contributed by atoms with Crippen LogP contribution in [-0.2, 0) is 9.59 Å². The summed E-state index contributed by atoms with van der Waals surface area (Å²) in [7, 11) is 0. The first-order chi connectivity index (χ1) is 19.9. The number of carbonyl (C=O) groups is 2. The number of anilines is 1. The van der Waals surface area contributed by atoms with Crippen LogP contribution < -0.4 is 5.32 Å². The molecule has 208 valence electrons. The summed E-state index contributed by atoms with van der Waals surface area (Å²) in [5, 5.41) is 9.85. The molecule has 2 aromatic heterocycles. The van der Waals surface area contributed by atoms with Gasteiger partial charge < -0.3 is 10.2 Å². The van der Waals surface area contributed by atoms with Crippen LogP contribution >= 0.6 is 11.6 Å². The van der Waals surface area contributed by atoms with E-state index < -0.39 is 5.82 Å². The largest absolute Gasteiger partial charge is 0.330 e. The summed E-state index contributed by atoms with van der Waals surface area (Å²) in [4.78, 5) is 33.2. The Balaban J connectivity index is 1.38. The van der Waals surface area contributed by atoms with E-state index in [1.165, 1.54) is 12.1 Å². The van der Waals surface area contributed by atoms with Gasteiger partial charge in [0.25, 0.3) is 0 Å². The summed E-state index contributed by atoms with van der Waals surface area (Å²) in [6.07, 6.45) is 9.09. The van der Waals surface area contributed by atoms with Crippen LogP contribution in [0.5, 0.6) is 0 Å². The maximum Gasteiger partial charge on any atom is 0.247 e. The third kappa shape index (κ3) is 5.27. The zero-order valence-corrected chi connectivity index (χ0v) is 23.3. The molecule has 4 heterocycles. The highest BCUT2D eigenvalue weighted by atomic mass is 35.5.